The van der Waals surface area contributed by atoms with Crippen molar-refractivity contribution in [2.45, 2.75) is 26.8 Å². The van der Waals surface area contributed by atoms with E-state index in [0.717, 1.165) is 24.3 Å². The molecule has 0 saturated carbocycles. The van der Waals surface area contributed by atoms with Crippen LogP contribution in [0.25, 0.3) is 0 Å². The summed E-state index contributed by atoms with van der Waals surface area (Å²) in [5.41, 5.74) is 7.74. The summed E-state index contributed by atoms with van der Waals surface area (Å²) in [5, 5.41) is 0. The zero-order valence-corrected chi connectivity index (χ0v) is 11.4. The summed E-state index contributed by atoms with van der Waals surface area (Å²) in [6.45, 7) is 8.92. The number of ether oxygens (including phenoxy) is 1. The van der Waals surface area contributed by atoms with Crippen LogP contribution in [-0.4, -0.2) is 26.3 Å². The van der Waals surface area contributed by atoms with E-state index in [2.05, 4.69) is 11.8 Å². The summed E-state index contributed by atoms with van der Waals surface area (Å²) in [7, 11) is 0. The van der Waals surface area contributed by atoms with Gasteiger partial charge >= 0.3 is 0 Å². The molecule has 0 bridgehead atoms. The van der Waals surface area contributed by atoms with Gasteiger partial charge < -0.3 is 15.4 Å². The molecule has 1 aromatic carbocycles. The predicted octanol–water partition coefficient (Wildman–Crippen LogP) is 2.71. The van der Waals surface area contributed by atoms with Crippen LogP contribution in [0, 0.1) is 5.82 Å². The molecule has 1 aromatic rings. The van der Waals surface area contributed by atoms with Crippen molar-refractivity contribution in [3.8, 4) is 0 Å². The van der Waals surface area contributed by atoms with E-state index in [9.17, 15) is 4.39 Å². The minimum absolute atomic E-state index is 0.183. The quantitative estimate of drug-likeness (QED) is 0.760. The molecular formula is C14H23FN2O. The third kappa shape index (κ3) is 3.96. The van der Waals surface area contributed by atoms with Gasteiger partial charge in [-0.1, -0.05) is 0 Å². The van der Waals surface area contributed by atoms with E-state index in [-0.39, 0.29) is 11.9 Å². The second kappa shape index (κ2) is 7.34. The number of halogens is 1. The van der Waals surface area contributed by atoms with Crippen molar-refractivity contribution >= 4 is 5.69 Å². The zero-order valence-electron chi connectivity index (χ0n) is 11.4. The number of benzene rings is 1. The minimum atomic E-state index is -0.244. The molecule has 3 nitrogen and oxygen atoms in total. The lowest BCUT2D eigenvalue weighted by Gasteiger charge is -2.27. The standard InChI is InChI=1S/C14H23FN2O/c1-4-17(8-9-18-5-2)14-7-6-12(15)10-13(14)11(3)16/h6-7,10-11H,4-5,8-9,16H2,1-3H3/t11-/m0/s1. The number of hydrogen-bond acceptors (Lipinski definition) is 3. The van der Waals surface area contributed by atoms with Gasteiger partial charge in [0.25, 0.3) is 0 Å². The second-order valence-corrected chi connectivity index (χ2v) is 4.27. The third-order valence-electron chi connectivity index (χ3n) is 2.91. The topological polar surface area (TPSA) is 38.5 Å². The van der Waals surface area contributed by atoms with Crippen LogP contribution in [0.2, 0.25) is 0 Å². The molecule has 0 aliphatic carbocycles. The molecule has 1 atom stereocenters. The Bertz CT molecular complexity index is 369. The number of anilines is 1. The summed E-state index contributed by atoms with van der Waals surface area (Å²) >= 11 is 0. The molecule has 18 heavy (non-hydrogen) atoms. The maximum atomic E-state index is 13.3. The Morgan fingerprint density at radius 1 is 1.39 bits per heavy atom. The van der Waals surface area contributed by atoms with Crippen LogP contribution >= 0.6 is 0 Å². The second-order valence-electron chi connectivity index (χ2n) is 4.27. The van der Waals surface area contributed by atoms with Crippen LogP contribution in [0.1, 0.15) is 32.4 Å². The molecule has 0 heterocycles. The first-order valence-electron chi connectivity index (χ1n) is 6.47. The van der Waals surface area contributed by atoms with Crippen molar-refractivity contribution in [1.82, 2.24) is 0 Å². The lowest BCUT2D eigenvalue weighted by Crippen LogP contribution is -2.29. The Hall–Kier alpha value is -1.13. The Balaban J connectivity index is 2.90. The normalized spacial score (nSPS) is 12.5. The van der Waals surface area contributed by atoms with Gasteiger partial charge in [-0.2, -0.15) is 0 Å². The lowest BCUT2D eigenvalue weighted by atomic mass is 10.1. The molecule has 0 aliphatic heterocycles. The predicted molar refractivity (Wildman–Crippen MR) is 73.4 cm³/mol. The van der Waals surface area contributed by atoms with Crippen molar-refractivity contribution < 1.29 is 9.13 Å². The van der Waals surface area contributed by atoms with Crippen LogP contribution in [0.3, 0.4) is 0 Å². The van der Waals surface area contributed by atoms with Gasteiger partial charge in [-0.3, -0.25) is 0 Å². The van der Waals surface area contributed by atoms with Crippen molar-refractivity contribution in [2.24, 2.45) is 5.73 Å². The largest absolute Gasteiger partial charge is 0.380 e. The minimum Gasteiger partial charge on any atom is -0.380 e. The fourth-order valence-electron chi connectivity index (χ4n) is 1.95. The summed E-state index contributed by atoms with van der Waals surface area (Å²) in [5.74, 6) is -0.244. The molecular weight excluding hydrogens is 231 g/mol. The highest BCUT2D eigenvalue weighted by atomic mass is 19.1. The fraction of sp³-hybridized carbons (Fsp3) is 0.571. The summed E-state index contributed by atoms with van der Waals surface area (Å²) in [4.78, 5) is 2.16. The molecule has 0 amide bonds. The van der Waals surface area contributed by atoms with E-state index in [0.29, 0.717) is 13.2 Å². The Morgan fingerprint density at radius 2 is 2.11 bits per heavy atom. The SMILES string of the molecule is CCOCCN(CC)c1ccc(F)cc1[C@H](C)N. The molecule has 0 unspecified atom stereocenters. The first-order valence-corrected chi connectivity index (χ1v) is 6.47. The van der Waals surface area contributed by atoms with Gasteiger partial charge in [-0.05, 0) is 44.5 Å². The first-order chi connectivity index (χ1) is 8.60. The van der Waals surface area contributed by atoms with Gasteiger partial charge in [0.05, 0.1) is 6.61 Å². The zero-order chi connectivity index (χ0) is 13.5. The average molecular weight is 254 g/mol. The number of likely N-dealkylation sites (N-methyl/N-ethyl adjacent to an activating group) is 1. The van der Waals surface area contributed by atoms with Crippen LogP contribution in [0.15, 0.2) is 18.2 Å². The van der Waals surface area contributed by atoms with Crippen molar-refractivity contribution in [2.75, 3.05) is 31.2 Å². The molecule has 102 valence electrons. The Kier molecular flexibility index (Phi) is 6.09. The van der Waals surface area contributed by atoms with Crippen LogP contribution < -0.4 is 10.6 Å². The maximum Gasteiger partial charge on any atom is 0.123 e. The number of nitrogens with two attached hydrogens (primary N) is 1. The average Bonchev–Trinajstić information content (AvgIpc) is 2.35. The molecule has 0 fully saturated rings. The van der Waals surface area contributed by atoms with E-state index < -0.39 is 0 Å². The molecule has 0 spiro atoms. The highest BCUT2D eigenvalue weighted by Crippen LogP contribution is 2.26. The van der Waals surface area contributed by atoms with Gasteiger partial charge in [-0.15, -0.1) is 0 Å². The van der Waals surface area contributed by atoms with Gasteiger partial charge in [0.2, 0.25) is 0 Å². The maximum absolute atomic E-state index is 13.3. The Labute approximate surface area is 109 Å². The van der Waals surface area contributed by atoms with Gasteiger partial charge in [0.15, 0.2) is 0 Å². The van der Waals surface area contributed by atoms with E-state index in [1.807, 2.05) is 13.8 Å². The van der Waals surface area contributed by atoms with E-state index in [4.69, 9.17) is 10.5 Å². The van der Waals surface area contributed by atoms with E-state index >= 15 is 0 Å². The monoisotopic (exact) mass is 254 g/mol. The highest BCUT2D eigenvalue weighted by Gasteiger charge is 2.13. The molecule has 2 N–H and O–H groups in total. The molecule has 0 radical (unpaired) electrons. The van der Waals surface area contributed by atoms with Crippen molar-refractivity contribution in [3.05, 3.63) is 29.6 Å². The first kappa shape index (κ1) is 14.9. The summed E-state index contributed by atoms with van der Waals surface area (Å²) in [6, 6.07) is 4.61. The van der Waals surface area contributed by atoms with E-state index in [1.54, 1.807) is 6.07 Å². The Morgan fingerprint density at radius 3 is 2.67 bits per heavy atom. The van der Waals surface area contributed by atoms with Gasteiger partial charge in [-0.25, -0.2) is 4.39 Å². The summed E-state index contributed by atoms with van der Waals surface area (Å²) < 4.78 is 18.6. The van der Waals surface area contributed by atoms with Crippen LogP contribution in [0.4, 0.5) is 10.1 Å². The van der Waals surface area contributed by atoms with Crippen molar-refractivity contribution in [1.29, 1.82) is 0 Å². The number of nitrogens with zero attached hydrogens (tertiary/aromatic N) is 1. The van der Waals surface area contributed by atoms with Crippen molar-refractivity contribution in [3.63, 3.8) is 0 Å². The van der Waals surface area contributed by atoms with Crippen LogP contribution in [-0.2, 0) is 4.74 Å². The lowest BCUT2D eigenvalue weighted by molar-refractivity contribution is 0.154. The van der Waals surface area contributed by atoms with Gasteiger partial charge in [0, 0.05) is 31.4 Å². The summed E-state index contributed by atoms with van der Waals surface area (Å²) in [6.07, 6.45) is 0. The van der Waals surface area contributed by atoms with Gasteiger partial charge in [0.1, 0.15) is 5.82 Å². The number of rotatable bonds is 7. The third-order valence-corrected chi connectivity index (χ3v) is 2.91. The highest BCUT2D eigenvalue weighted by molar-refractivity contribution is 5.55. The van der Waals surface area contributed by atoms with E-state index in [1.165, 1.54) is 12.1 Å². The molecule has 0 aliphatic rings. The smallest absolute Gasteiger partial charge is 0.123 e. The molecule has 1 rings (SSSR count). The van der Waals surface area contributed by atoms with Crippen LogP contribution in [0.5, 0.6) is 0 Å². The molecule has 0 saturated heterocycles. The molecule has 0 aromatic heterocycles. The molecule has 4 heteroatoms. The number of hydrogen-bond donors (Lipinski definition) is 1. The fourth-order valence-corrected chi connectivity index (χ4v) is 1.95.